The summed E-state index contributed by atoms with van der Waals surface area (Å²) >= 11 is 0. The van der Waals surface area contributed by atoms with Crippen molar-refractivity contribution < 1.29 is 18.3 Å². The average Bonchev–Trinajstić information content (AvgIpc) is 2.70. The number of hydrogen-bond acceptors (Lipinski definition) is 5. The number of benzene rings is 2. The molecule has 29 heavy (non-hydrogen) atoms. The highest BCUT2D eigenvalue weighted by molar-refractivity contribution is 5.95. The van der Waals surface area contributed by atoms with Crippen LogP contribution in [0.4, 0.5) is 4.39 Å². The zero-order chi connectivity index (χ0) is 20.5. The number of esters is 1. The highest BCUT2D eigenvalue weighted by Crippen LogP contribution is 2.22. The van der Waals surface area contributed by atoms with Gasteiger partial charge < -0.3 is 9.15 Å². The van der Waals surface area contributed by atoms with Crippen molar-refractivity contribution in [2.45, 2.75) is 26.9 Å². The summed E-state index contributed by atoms with van der Waals surface area (Å²) in [6.45, 7) is 3.60. The molecular formula is C23H18FNO4. The number of ether oxygens (including phenoxy) is 1. The van der Waals surface area contributed by atoms with Gasteiger partial charge in [-0.1, -0.05) is 19.1 Å². The minimum atomic E-state index is -0.562. The Morgan fingerprint density at radius 1 is 1.14 bits per heavy atom. The van der Waals surface area contributed by atoms with E-state index in [1.165, 1.54) is 18.2 Å². The molecule has 2 aromatic heterocycles. The maximum atomic E-state index is 13.4. The third-order valence-corrected chi connectivity index (χ3v) is 4.85. The first-order chi connectivity index (χ1) is 13.9. The van der Waals surface area contributed by atoms with Crippen LogP contribution in [-0.4, -0.2) is 11.0 Å². The van der Waals surface area contributed by atoms with E-state index in [9.17, 15) is 14.0 Å². The van der Waals surface area contributed by atoms with Gasteiger partial charge in [0.2, 0.25) is 0 Å². The molecule has 0 saturated heterocycles. The molecule has 0 bridgehead atoms. The van der Waals surface area contributed by atoms with Gasteiger partial charge in [0.1, 0.15) is 18.0 Å². The SMILES string of the molecule is CCc1ccc2c(COC(=O)c3cc4ccc(F)cc4nc3C)cc(=O)oc2c1. The van der Waals surface area contributed by atoms with Gasteiger partial charge in [-0.15, -0.1) is 0 Å². The van der Waals surface area contributed by atoms with Gasteiger partial charge in [0.15, 0.2) is 0 Å². The molecule has 4 aromatic rings. The Labute approximate surface area is 165 Å². The standard InChI is InChI=1S/C23H18FNO4/c1-3-14-4-7-18-16(10-22(26)29-21(18)8-14)12-28-23(27)19-9-15-5-6-17(24)11-20(15)25-13(19)2/h4-11H,3,12H2,1-2H3. The third kappa shape index (κ3) is 3.74. The quantitative estimate of drug-likeness (QED) is 0.372. The molecule has 0 amide bonds. The molecule has 146 valence electrons. The Bertz CT molecular complexity index is 1310. The number of aromatic nitrogens is 1. The summed E-state index contributed by atoms with van der Waals surface area (Å²) in [5.74, 6) is -0.950. The second-order valence-electron chi connectivity index (χ2n) is 6.81. The van der Waals surface area contributed by atoms with Crippen molar-refractivity contribution in [2.75, 3.05) is 0 Å². The summed E-state index contributed by atoms with van der Waals surface area (Å²) in [6, 6.07) is 12.8. The van der Waals surface area contributed by atoms with Crippen LogP contribution in [0, 0.1) is 12.7 Å². The van der Waals surface area contributed by atoms with Gasteiger partial charge in [0, 0.05) is 28.5 Å². The lowest BCUT2D eigenvalue weighted by Crippen LogP contribution is -2.10. The first kappa shape index (κ1) is 18.8. The minimum Gasteiger partial charge on any atom is -0.457 e. The van der Waals surface area contributed by atoms with Gasteiger partial charge in [-0.2, -0.15) is 0 Å². The molecule has 0 radical (unpaired) electrons. The summed E-state index contributed by atoms with van der Waals surface area (Å²) in [5.41, 5.74) is 2.79. The van der Waals surface area contributed by atoms with Crippen LogP contribution in [0.3, 0.4) is 0 Å². The molecule has 0 N–H and O–H groups in total. The van der Waals surface area contributed by atoms with E-state index < -0.39 is 11.6 Å². The smallest absolute Gasteiger partial charge is 0.340 e. The van der Waals surface area contributed by atoms with Gasteiger partial charge in [-0.05, 0) is 43.2 Å². The molecule has 2 aromatic carbocycles. The summed E-state index contributed by atoms with van der Waals surface area (Å²) in [4.78, 5) is 28.8. The number of aryl methyl sites for hydroxylation is 2. The molecule has 0 unspecified atom stereocenters. The molecule has 2 heterocycles. The molecule has 0 atom stereocenters. The number of nitrogens with zero attached hydrogens (tertiary/aromatic N) is 1. The highest BCUT2D eigenvalue weighted by atomic mass is 19.1. The predicted molar refractivity (Wildman–Crippen MR) is 107 cm³/mol. The normalized spacial score (nSPS) is 11.1. The van der Waals surface area contributed by atoms with Crippen molar-refractivity contribution >= 4 is 27.8 Å². The number of halogens is 1. The van der Waals surface area contributed by atoms with Crippen LogP contribution in [0.2, 0.25) is 0 Å². The van der Waals surface area contributed by atoms with Crippen LogP contribution in [-0.2, 0) is 17.8 Å². The number of pyridine rings is 1. The lowest BCUT2D eigenvalue weighted by molar-refractivity contribution is 0.0472. The van der Waals surface area contributed by atoms with E-state index in [0.717, 1.165) is 17.4 Å². The first-order valence-corrected chi connectivity index (χ1v) is 9.24. The Hall–Kier alpha value is -3.54. The molecule has 0 aliphatic rings. The van der Waals surface area contributed by atoms with Crippen molar-refractivity contribution in [3.8, 4) is 0 Å². The number of fused-ring (bicyclic) bond motifs is 2. The van der Waals surface area contributed by atoms with Crippen LogP contribution >= 0.6 is 0 Å². The average molecular weight is 391 g/mol. The van der Waals surface area contributed by atoms with Crippen LogP contribution < -0.4 is 5.63 Å². The Balaban J connectivity index is 1.63. The van der Waals surface area contributed by atoms with Crippen LogP contribution in [0.5, 0.6) is 0 Å². The van der Waals surface area contributed by atoms with Crippen molar-refractivity contribution in [3.05, 3.63) is 87.2 Å². The fourth-order valence-electron chi connectivity index (χ4n) is 3.28. The maximum Gasteiger partial charge on any atom is 0.340 e. The van der Waals surface area contributed by atoms with E-state index in [-0.39, 0.29) is 12.4 Å². The molecule has 0 saturated carbocycles. The summed E-state index contributed by atoms with van der Waals surface area (Å²) < 4.78 is 24.1. The van der Waals surface area contributed by atoms with Gasteiger partial charge in [0.05, 0.1) is 16.8 Å². The number of rotatable bonds is 4. The summed E-state index contributed by atoms with van der Waals surface area (Å²) in [6.07, 6.45) is 0.816. The number of hydrogen-bond donors (Lipinski definition) is 0. The molecule has 0 fully saturated rings. The lowest BCUT2D eigenvalue weighted by atomic mass is 10.1. The van der Waals surface area contributed by atoms with Crippen LogP contribution in [0.1, 0.15) is 34.1 Å². The third-order valence-electron chi connectivity index (χ3n) is 4.85. The van der Waals surface area contributed by atoms with Crippen molar-refractivity contribution in [3.63, 3.8) is 0 Å². The molecular weight excluding hydrogens is 373 g/mol. The molecule has 6 heteroatoms. The second kappa shape index (κ2) is 7.47. The van der Waals surface area contributed by atoms with Gasteiger partial charge in [0.25, 0.3) is 0 Å². The maximum absolute atomic E-state index is 13.4. The van der Waals surface area contributed by atoms with Crippen molar-refractivity contribution in [1.82, 2.24) is 4.98 Å². The zero-order valence-corrected chi connectivity index (χ0v) is 16.0. The largest absolute Gasteiger partial charge is 0.457 e. The highest BCUT2D eigenvalue weighted by Gasteiger charge is 2.15. The fraction of sp³-hybridized carbons (Fsp3) is 0.174. The number of carbonyl (C=O) groups is 1. The van der Waals surface area contributed by atoms with E-state index in [4.69, 9.17) is 9.15 Å². The summed E-state index contributed by atoms with van der Waals surface area (Å²) in [5, 5.41) is 1.36. The topological polar surface area (TPSA) is 69.4 Å². The molecule has 0 aliphatic heterocycles. The van der Waals surface area contributed by atoms with E-state index in [1.807, 2.05) is 25.1 Å². The van der Waals surface area contributed by atoms with Gasteiger partial charge in [-0.3, -0.25) is 4.98 Å². The minimum absolute atomic E-state index is 0.0761. The predicted octanol–water partition coefficient (Wildman–Crippen LogP) is 4.71. The lowest BCUT2D eigenvalue weighted by Gasteiger charge is -2.10. The first-order valence-electron chi connectivity index (χ1n) is 9.24. The molecule has 0 spiro atoms. The summed E-state index contributed by atoms with van der Waals surface area (Å²) in [7, 11) is 0. The zero-order valence-electron chi connectivity index (χ0n) is 16.0. The van der Waals surface area contributed by atoms with E-state index in [0.29, 0.717) is 33.3 Å². The molecule has 4 rings (SSSR count). The van der Waals surface area contributed by atoms with E-state index in [2.05, 4.69) is 4.98 Å². The number of carbonyl (C=O) groups excluding carboxylic acids is 1. The second-order valence-corrected chi connectivity index (χ2v) is 6.81. The van der Waals surface area contributed by atoms with E-state index >= 15 is 0 Å². The molecule has 0 aliphatic carbocycles. The van der Waals surface area contributed by atoms with Crippen molar-refractivity contribution in [1.29, 1.82) is 0 Å². The fourth-order valence-corrected chi connectivity index (χ4v) is 3.28. The Kier molecular flexibility index (Phi) is 4.84. The van der Waals surface area contributed by atoms with Crippen molar-refractivity contribution in [2.24, 2.45) is 0 Å². The monoisotopic (exact) mass is 391 g/mol. The van der Waals surface area contributed by atoms with Gasteiger partial charge in [-0.25, -0.2) is 14.0 Å². The Morgan fingerprint density at radius 2 is 1.97 bits per heavy atom. The van der Waals surface area contributed by atoms with E-state index in [1.54, 1.807) is 19.1 Å². The Morgan fingerprint density at radius 3 is 2.76 bits per heavy atom. The van der Waals surface area contributed by atoms with Crippen LogP contribution in [0.25, 0.3) is 21.9 Å². The van der Waals surface area contributed by atoms with Gasteiger partial charge >= 0.3 is 11.6 Å². The van der Waals surface area contributed by atoms with Crippen LogP contribution in [0.15, 0.2) is 57.7 Å². The molecule has 5 nitrogen and oxygen atoms in total.